The van der Waals surface area contributed by atoms with E-state index in [4.69, 9.17) is 0 Å². The number of nitrogens with two attached hydrogens (primary N) is 4. The minimum Gasteiger partial charge on any atom is -0.351 e. The number of primary amides is 2. The molecule has 0 aromatic heterocycles. The molecule has 0 spiro atoms. The van der Waals surface area contributed by atoms with E-state index in [-0.39, 0.29) is 0 Å². The van der Waals surface area contributed by atoms with Gasteiger partial charge in [0.1, 0.15) is 0 Å². The molecule has 0 heterocycles. The molecule has 8 heteroatoms. The lowest BCUT2D eigenvalue weighted by atomic mass is 11.2. The van der Waals surface area contributed by atoms with E-state index in [0.717, 1.165) is 0 Å². The zero-order valence-corrected chi connectivity index (χ0v) is 6.54. The number of amides is 4. The Morgan fingerprint density at radius 1 is 0.917 bits per heavy atom. The lowest BCUT2D eigenvalue weighted by Gasteiger charge is -1.81. The number of carbonyl (C=O) groups excluding carboxylic acids is 2. The van der Waals surface area contributed by atoms with E-state index in [1.54, 1.807) is 10.9 Å². The van der Waals surface area contributed by atoms with Crippen molar-refractivity contribution in [1.82, 2.24) is 10.9 Å². The summed E-state index contributed by atoms with van der Waals surface area (Å²) in [6, 6.07) is -1.44. The maximum Gasteiger partial charge on any atom is 0.326 e. The summed E-state index contributed by atoms with van der Waals surface area (Å²) < 4.78 is 0. The Hall–Kier alpha value is -1.80. The maximum absolute atomic E-state index is 9.35. The largest absolute Gasteiger partial charge is 0.351 e. The second kappa shape index (κ2) is 16.1. The predicted octanol–water partition coefficient (Wildman–Crippen LogP) is -2.14. The number of urea groups is 2. The molecule has 0 saturated heterocycles. The van der Waals surface area contributed by atoms with Gasteiger partial charge in [-0.25, -0.2) is 21.3 Å². The number of hydrogen-bond acceptors (Lipinski definition) is 4. The Morgan fingerprint density at radius 2 is 1.00 bits per heavy atom. The molecule has 10 N–H and O–H groups in total. The molecule has 0 unspecified atom stereocenters. The van der Waals surface area contributed by atoms with Gasteiger partial charge in [0, 0.05) is 0 Å². The highest BCUT2D eigenvalue weighted by atomic mass is 16.2. The summed E-state index contributed by atoms with van der Waals surface area (Å²) >= 11 is 0. The fourth-order valence-electron chi connectivity index (χ4n) is 0. The van der Waals surface area contributed by atoms with Gasteiger partial charge in [0.2, 0.25) is 0 Å². The molecule has 0 aliphatic carbocycles. The Kier molecular flexibility index (Phi) is 22.3. The normalized spacial score (nSPS) is 5.83. The minimum atomic E-state index is -0.718. The summed E-state index contributed by atoms with van der Waals surface area (Å²) in [6.45, 7) is 6.00. The van der Waals surface area contributed by atoms with Gasteiger partial charge in [-0.1, -0.05) is 0 Å². The second-order valence-electron chi connectivity index (χ2n) is 1.02. The quantitative estimate of drug-likeness (QED) is 0.108. The zero-order valence-electron chi connectivity index (χ0n) is 6.54. The first-order chi connectivity index (χ1) is 5.54. The first-order valence-corrected chi connectivity index (χ1v) is 2.56. The number of rotatable bonds is 0. The SMILES string of the molecule is C=C.NNC(N)=O.NNC(N)=O. The molecule has 0 radical (unpaired) electrons. The molecule has 0 aliphatic heterocycles. The van der Waals surface area contributed by atoms with Crippen LogP contribution in [-0.4, -0.2) is 12.1 Å². The lowest BCUT2D eigenvalue weighted by Crippen LogP contribution is -2.34. The van der Waals surface area contributed by atoms with Crippen molar-refractivity contribution in [3.05, 3.63) is 13.2 Å². The van der Waals surface area contributed by atoms with Gasteiger partial charge >= 0.3 is 12.1 Å². The van der Waals surface area contributed by atoms with Crippen LogP contribution in [0.25, 0.3) is 0 Å². The average Bonchev–Trinajstić information content (AvgIpc) is 2.09. The molecule has 8 nitrogen and oxygen atoms in total. The van der Waals surface area contributed by atoms with Crippen LogP contribution in [0.1, 0.15) is 0 Å². The average molecular weight is 178 g/mol. The van der Waals surface area contributed by atoms with E-state index in [9.17, 15) is 9.59 Å². The Bertz CT molecular complexity index is 113. The molecular weight excluding hydrogens is 164 g/mol. The molecule has 4 amide bonds. The zero-order chi connectivity index (χ0) is 10.6. The minimum absolute atomic E-state index is 0.718. The van der Waals surface area contributed by atoms with E-state index >= 15 is 0 Å². The molecule has 0 aromatic carbocycles. The summed E-state index contributed by atoms with van der Waals surface area (Å²) in [6.07, 6.45) is 0. The topological polar surface area (TPSA) is 162 Å². The molecule has 0 aliphatic rings. The van der Waals surface area contributed by atoms with Crippen LogP contribution in [0.5, 0.6) is 0 Å². The predicted molar refractivity (Wildman–Crippen MR) is 45.1 cm³/mol. The van der Waals surface area contributed by atoms with E-state index in [1.165, 1.54) is 0 Å². The molecule has 0 atom stereocenters. The fraction of sp³-hybridized carbons (Fsp3) is 0. The standard InChI is InChI=1S/C2H4.2CH5N3O/c1-2;2*2-1(5)4-3/h1-2H2;2*3H2,(H3,2,4,5). The van der Waals surface area contributed by atoms with Gasteiger partial charge < -0.3 is 11.5 Å². The van der Waals surface area contributed by atoms with Crippen molar-refractivity contribution in [2.75, 3.05) is 0 Å². The van der Waals surface area contributed by atoms with Crippen molar-refractivity contribution in [3.8, 4) is 0 Å². The highest BCUT2D eigenvalue weighted by Crippen LogP contribution is 1.35. The van der Waals surface area contributed by atoms with Gasteiger partial charge in [-0.3, -0.25) is 10.9 Å². The molecular formula is C4H14N6O2. The van der Waals surface area contributed by atoms with Gasteiger partial charge in [0.05, 0.1) is 0 Å². The molecule has 0 aromatic rings. The summed E-state index contributed by atoms with van der Waals surface area (Å²) in [5.41, 5.74) is 12.2. The third kappa shape index (κ3) is 87.8. The number of carbonyl (C=O) groups is 2. The van der Waals surface area contributed by atoms with Crippen LogP contribution in [0.15, 0.2) is 13.2 Å². The van der Waals surface area contributed by atoms with Crippen LogP contribution in [0.4, 0.5) is 9.59 Å². The van der Waals surface area contributed by atoms with Crippen molar-refractivity contribution < 1.29 is 9.59 Å². The first kappa shape index (κ1) is 16.7. The molecule has 0 rings (SSSR count). The Balaban J connectivity index is -0.000000112. The number of hydrogen-bond donors (Lipinski definition) is 6. The van der Waals surface area contributed by atoms with Crippen LogP contribution in [0.3, 0.4) is 0 Å². The molecule has 0 fully saturated rings. The van der Waals surface area contributed by atoms with E-state index in [0.29, 0.717) is 0 Å². The molecule has 72 valence electrons. The van der Waals surface area contributed by atoms with Crippen LogP contribution >= 0.6 is 0 Å². The number of nitrogens with one attached hydrogen (secondary N) is 2. The van der Waals surface area contributed by atoms with Gasteiger partial charge in [-0.15, -0.1) is 13.2 Å². The van der Waals surface area contributed by atoms with Crippen molar-refractivity contribution in [3.63, 3.8) is 0 Å². The highest BCUT2D eigenvalue weighted by molar-refractivity contribution is 5.70. The Labute approximate surface area is 69.9 Å². The van der Waals surface area contributed by atoms with Gasteiger partial charge in [-0.2, -0.15) is 0 Å². The van der Waals surface area contributed by atoms with Crippen molar-refractivity contribution in [1.29, 1.82) is 0 Å². The van der Waals surface area contributed by atoms with Crippen LogP contribution in [0, 0.1) is 0 Å². The monoisotopic (exact) mass is 178 g/mol. The molecule has 0 bridgehead atoms. The van der Waals surface area contributed by atoms with E-state index in [1.807, 2.05) is 0 Å². The second-order valence-corrected chi connectivity index (χ2v) is 1.02. The summed E-state index contributed by atoms with van der Waals surface area (Å²) in [4.78, 5) is 18.7. The molecule has 0 saturated carbocycles. The fourth-order valence-corrected chi connectivity index (χ4v) is 0. The third-order valence-corrected chi connectivity index (χ3v) is 0.285. The van der Waals surface area contributed by atoms with Crippen molar-refractivity contribution in [2.45, 2.75) is 0 Å². The Morgan fingerprint density at radius 3 is 1.00 bits per heavy atom. The first-order valence-electron chi connectivity index (χ1n) is 2.56. The lowest BCUT2D eigenvalue weighted by molar-refractivity contribution is 0.248. The van der Waals surface area contributed by atoms with Crippen LogP contribution in [0.2, 0.25) is 0 Å². The smallest absolute Gasteiger partial charge is 0.326 e. The van der Waals surface area contributed by atoms with E-state index < -0.39 is 12.1 Å². The van der Waals surface area contributed by atoms with Crippen molar-refractivity contribution >= 4 is 12.1 Å². The van der Waals surface area contributed by atoms with E-state index in [2.05, 4.69) is 36.3 Å². The molecule has 12 heavy (non-hydrogen) atoms. The van der Waals surface area contributed by atoms with Crippen molar-refractivity contribution in [2.24, 2.45) is 23.2 Å². The van der Waals surface area contributed by atoms with Gasteiger partial charge in [0.15, 0.2) is 0 Å². The maximum atomic E-state index is 9.35. The summed E-state index contributed by atoms with van der Waals surface area (Å²) in [5, 5.41) is 0. The van der Waals surface area contributed by atoms with Crippen LogP contribution in [-0.2, 0) is 0 Å². The van der Waals surface area contributed by atoms with Crippen LogP contribution < -0.4 is 34.0 Å². The highest BCUT2D eigenvalue weighted by Gasteiger charge is 1.73. The third-order valence-electron chi connectivity index (χ3n) is 0.285. The summed E-state index contributed by atoms with van der Waals surface area (Å²) in [7, 11) is 0. The number of hydrazine groups is 2. The summed E-state index contributed by atoms with van der Waals surface area (Å²) in [5.74, 6) is 8.89. The van der Waals surface area contributed by atoms with Gasteiger partial charge in [0.25, 0.3) is 0 Å². The van der Waals surface area contributed by atoms with Gasteiger partial charge in [-0.05, 0) is 0 Å².